The van der Waals surface area contributed by atoms with E-state index < -0.39 is 0 Å². The Hall–Kier alpha value is 0.597. The summed E-state index contributed by atoms with van der Waals surface area (Å²) in [5, 5.41) is 0. The third-order valence-corrected chi connectivity index (χ3v) is 3.50. The third kappa shape index (κ3) is 1.75. The van der Waals surface area contributed by atoms with Crippen molar-refractivity contribution in [2.45, 2.75) is 40.0 Å². The first-order chi connectivity index (χ1) is 5.07. The molecule has 0 nitrogen and oxygen atoms in total. The van der Waals surface area contributed by atoms with Crippen molar-refractivity contribution in [3.05, 3.63) is 6.42 Å². The summed E-state index contributed by atoms with van der Waals surface area (Å²) in [4.78, 5) is 0. The summed E-state index contributed by atoms with van der Waals surface area (Å²) in [5.41, 5.74) is 0.528. The molecule has 3 unspecified atom stereocenters. The molecule has 0 radical (unpaired) electrons. The minimum atomic E-state index is 0. The SMILES string of the molecule is CC(C)(C)C1[CH-]C2CCC1C2.[Li+]. The fraction of sp³-hybridized carbons (Fsp3) is 0.909. The van der Waals surface area contributed by atoms with Crippen LogP contribution in [0.2, 0.25) is 0 Å². The second-order valence-electron chi connectivity index (χ2n) is 5.42. The molecular formula is C11H19Li. The number of hydrogen-bond donors (Lipinski definition) is 0. The number of fused-ring (bicyclic) bond motifs is 2. The Morgan fingerprint density at radius 1 is 1.17 bits per heavy atom. The van der Waals surface area contributed by atoms with E-state index in [0.29, 0.717) is 5.41 Å². The van der Waals surface area contributed by atoms with Crippen LogP contribution in [-0.4, -0.2) is 0 Å². The average molecular weight is 158 g/mol. The Morgan fingerprint density at radius 2 is 1.83 bits per heavy atom. The van der Waals surface area contributed by atoms with E-state index in [2.05, 4.69) is 27.2 Å². The van der Waals surface area contributed by atoms with Gasteiger partial charge >= 0.3 is 18.9 Å². The van der Waals surface area contributed by atoms with Crippen LogP contribution in [0.1, 0.15) is 40.0 Å². The van der Waals surface area contributed by atoms with Crippen LogP contribution in [-0.2, 0) is 0 Å². The second kappa shape index (κ2) is 3.39. The maximum atomic E-state index is 2.63. The van der Waals surface area contributed by atoms with Crippen LogP contribution in [0.3, 0.4) is 0 Å². The van der Waals surface area contributed by atoms with Gasteiger partial charge in [-0.25, -0.2) is 0 Å². The molecule has 2 fully saturated rings. The molecule has 0 aromatic carbocycles. The van der Waals surface area contributed by atoms with Gasteiger partial charge in [0.05, 0.1) is 0 Å². The smallest absolute Gasteiger partial charge is 0.322 e. The van der Waals surface area contributed by atoms with Crippen molar-refractivity contribution in [3.8, 4) is 0 Å². The van der Waals surface area contributed by atoms with Crippen LogP contribution in [0.4, 0.5) is 0 Å². The van der Waals surface area contributed by atoms with Crippen LogP contribution >= 0.6 is 0 Å². The molecule has 2 bridgehead atoms. The molecule has 2 aliphatic carbocycles. The van der Waals surface area contributed by atoms with Gasteiger partial charge in [0.1, 0.15) is 0 Å². The molecule has 64 valence electrons. The van der Waals surface area contributed by atoms with E-state index in [4.69, 9.17) is 0 Å². The van der Waals surface area contributed by atoms with Crippen LogP contribution in [0.25, 0.3) is 0 Å². The summed E-state index contributed by atoms with van der Waals surface area (Å²) < 4.78 is 0. The van der Waals surface area contributed by atoms with Crippen molar-refractivity contribution < 1.29 is 18.9 Å². The predicted octanol–water partition coefficient (Wildman–Crippen LogP) is 0.287. The quantitative estimate of drug-likeness (QED) is 0.351. The summed E-state index contributed by atoms with van der Waals surface area (Å²) in [5.74, 6) is 2.95. The molecule has 2 aliphatic rings. The summed E-state index contributed by atoms with van der Waals surface area (Å²) in [7, 11) is 0. The van der Waals surface area contributed by atoms with Crippen LogP contribution in [0.5, 0.6) is 0 Å². The zero-order chi connectivity index (χ0) is 8.06. The number of rotatable bonds is 0. The molecule has 0 spiro atoms. The average Bonchev–Trinajstić information content (AvgIpc) is 2.42. The van der Waals surface area contributed by atoms with E-state index in [0.717, 1.165) is 17.8 Å². The molecule has 0 aromatic heterocycles. The first-order valence-electron chi connectivity index (χ1n) is 4.92. The Kier molecular flexibility index (Phi) is 3.02. The minimum Gasteiger partial charge on any atom is -0.322 e. The maximum Gasteiger partial charge on any atom is 1.00 e. The minimum absolute atomic E-state index is 0. The molecule has 0 aliphatic heterocycles. The van der Waals surface area contributed by atoms with E-state index in [1.54, 1.807) is 0 Å². The van der Waals surface area contributed by atoms with Crippen molar-refractivity contribution in [2.24, 2.45) is 23.2 Å². The summed E-state index contributed by atoms with van der Waals surface area (Å²) >= 11 is 0. The standard InChI is InChI=1S/C11H19.Li/c1-11(2,3)10-7-8-4-5-9(10)6-8;/h7-10H,4-6H2,1-3H3;/q-1;+1. The van der Waals surface area contributed by atoms with Gasteiger partial charge in [0, 0.05) is 0 Å². The fourth-order valence-electron chi connectivity index (χ4n) is 3.00. The van der Waals surface area contributed by atoms with Gasteiger partial charge < -0.3 is 6.42 Å². The van der Waals surface area contributed by atoms with Gasteiger partial charge in [-0.3, -0.25) is 0 Å². The fourth-order valence-corrected chi connectivity index (χ4v) is 3.00. The molecule has 0 N–H and O–H groups in total. The largest absolute Gasteiger partial charge is 1.00 e. The van der Waals surface area contributed by atoms with E-state index in [-0.39, 0.29) is 18.9 Å². The predicted molar refractivity (Wildman–Crippen MR) is 48.1 cm³/mol. The number of hydrogen-bond acceptors (Lipinski definition) is 0. The van der Waals surface area contributed by atoms with E-state index in [1.165, 1.54) is 19.3 Å². The zero-order valence-corrected chi connectivity index (χ0v) is 8.93. The van der Waals surface area contributed by atoms with Gasteiger partial charge in [0.15, 0.2) is 0 Å². The third-order valence-electron chi connectivity index (χ3n) is 3.50. The van der Waals surface area contributed by atoms with Gasteiger partial charge in [-0.15, -0.1) is 0 Å². The summed E-state index contributed by atoms with van der Waals surface area (Å²) in [6.45, 7) is 7.15. The van der Waals surface area contributed by atoms with Crippen LogP contribution < -0.4 is 18.9 Å². The first-order valence-corrected chi connectivity index (χ1v) is 4.92. The Morgan fingerprint density at radius 3 is 2.08 bits per heavy atom. The van der Waals surface area contributed by atoms with Gasteiger partial charge in [-0.1, -0.05) is 51.4 Å². The molecule has 3 atom stereocenters. The van der Waals surface area contributed by atoms with E-state index >= 15 is 0 Å². The van der Waals surface area contributed by atoms with Crippen molar-refractivity contribution in [3.63, 3.8) is 0 Å². The maximum absolute atomic E-state index is 2.63. The molecule has 0 heterocycles. The van der Waals surface area contributed by atoms with Crippen LogP contribution in [0.15, 0.2) is 0 Å². The second-order valence-corrected chi connectivity index (χ2v) is 5.42. The first kappa shape index (κ1) is 10.7. The molecule has 0 amide bonds. The van der Waals surface area contributed by atoms with E-state index in [1.807, 2.05) is 0 Å². The van der Waals surface area contributed by atoms with Gasteiger partial charge in [0.2, 0.25) is 0 Å². The van der Waals surface area contributed by atoms with Crippen LogP contribution in [0, 0.1) is 29.6 Å². The molecule has 1 heteroatoms. The summed E-state index contributed by atoms with van der Waals surface area (Å²) in [6, 6.07) is 0. The molecule has 12 heavy (non-hydrogen) atoms. The monoisotopic (exact) mass is 158 g/mol. The van der Waals surface area contributed by atoms with Gasteiger partial charge in [0.25, 0.3) is 0 Å². The normalized spacial score (nSPS) is 39.8. The summed E-state index contributed by atoms with van der Waals surface area (Å²) in [6.07, 6.45) is 7.12. The Balaban J connectivity index is 0.000000720. The van der Waals surface area contributed by atoms with Crippen molar-refractivity contribution in [1.82, 2.24) is 0 Å². The molecule has 0 saturated heterocycles. The molecule has 2 saturated carbocycles. The van der Waals surface area contributed by atoms with Crippen molar-refractivity contribution in [2.75, 3.05) is 0 Å². The zero-order valence-electron chi connectivity index (χ0n) is 8.93. The molecular weight excluding hydrogens is 139 g/mol. The van der Waals surface area contributed by atoms with Gasteiger partial charge in [-0.2, -0.15) is 11.8 Å². The molecule has 2 rings (SSSR count). The Bertz CT molecular complexity index is 157. The topological polar surface area (TPSA) is 0 Å². The molecule has 0 aromatic rings. The van der Waals surface area contributed by atoms with E-state index in [9.17, 15) is 0 Å². The van der Waals surface area contributed by atoms with Crippen molar-refractivity contribution in [1.29, 1.82) is 0 Å². The van der Waals surface area contributed by atoms with Crippen molar-refractivity contribution >= 4 is 0 Å². The van der Waals surface area contributed by atoms with Gasteiger partial charge in [-0.05, 0) is 0 Å². The Labute approximate surface area is 88.7 Å².